The Morgan fingerprint density at radius 1 is 1.12 bits per heavy atom. The van der Waals surface area contributed by atoms with Gasteiger partial charge in [0, 0.05) is 13.0 Å². The van der Waals surface area contributed by atoms with Crippen molar-refractivity contribution >= 4 is 12.1 Å². The van der Waals surface area contributed by atoms with Crippen LogP contribution in [0.15, 0.2) is 30.3 Å². The molecule has 0 spiro atoms. The van der Waals surface area contributed by atoms with Crippen LogP contribution in [0.25, 0.3) is 0 Å². The van der Waals surface area contributed by atoms with Gasteiger partial charge in [0.05, 0.1) is 7.11 Å². The highest BCUT2D eigenvalue weighted by atomic mass is 16.6. The minimum Gasteiger partial charge on any atom is -0.467 e. The van der Waals surface area contributed by atoms with E-state index in [2.05, 4.69) is 0 Å². The summed E-state index contributed by atoms with van der Waals surface area (Å²) in [5.74, 6) is -0.245. The molecule has 5 heteroatoms. The van der Waals surface area contributed by atoms with Crippen molar-refractivity contribution in [1.29, 1.82) is 0 Å². The van der Waals surface area contributed by atoms with Crippen LogP contribution in [0.2, 0.25) is 0 Å². The smallest absolute Gasteiger partial charge is 0.411 e. The van der Waals surface area contributed by atoms with Crippen molar-refractivity contribution in [3.05, 3.63) is 35.9 Å². The fraction of sp³-hybridized carbons (Fsp3) is 0.579. The van der Waals surface area contributed by atoms with Crippen molar-refractivity contribution in [3.63, 3.8) is 0 Å². The van der Waals surface area contributed by atoms with E-state index in [-0.39, 0.29) is 5.92 Å². The second-order valence-electron chi connectivity index (χ2n) is 7.26. The Balaban J connectivity index is 3.09. The third-order valence-corrected chi connectivity index (χ3v) is 3.31. The molecule has 0 saturated heterocycles. The summed E-state index contributed by atoms with van der Waals surface area (Å²) >= 11 is 0. The second-order valence-corrected chi connectivity index (χ2v) is 7.26. The maximum atomic E-state index is 12.6. The van der Waals surface area contributed by atoms with E-state index in [4.69, 9.17) is 9.47 Å². The summed E-state index contributed by atoms with van der Waals surface area (Å²) in [4.78, 5) is 26.5. The number of benzene rings is 1. The first-order valence-electron chi connectivity index (χ1n) is 8.25. The van der Waals surface area contributed by atoms with E-state index in [0.717, 1.165) is 5.56 Å². The topological polar surface area (TPSA) is 55.8 Å². The number of ether oxygens (including phenoxy) is 2. The molecule has 0 unspecified atom stereocenters. The minimum atomic E-state index is -0.713. The molecule has 0 aliphatic heterocycles. The normalized spacial score (nSPS) is 12.6. The summed E-state index contributed by atoms with van der Waals surface area (Å²) in [7, 11) is 1.34. The van der Waals surface area contributed by atoms with Crippen LogP contribution in [0.1, 0.15) is 40.2 Å². The van der Waals surface area contributed by atoms with E-state index < -0.39 is 23.7 Å². The molecule has 134 valence electrons. The number of amides is 1. The highest BCUT2D eigenvalue weighted by molar-refractivity contribution is 5.81. The molecule has 0 bridgehead atoms. The maximum Gasteiger partial charge on any atom is 0.411 e. The molecule has 24 heavy (non-hydrogen) atoms. The van der Waals surface area contributed by atoms with E-state index in [0.29, 0.717) is 13.0 Å². The van der Waals surface area contributed by atoms with Crippen molar-refractivity contribution in [3.8, 4) is 0 Å². The van der Waals surface area contributed by atoms with Crippen LogP contribution in [0.3, 0.4) is 0 Å². The number of hydrogen-bond donors (Lipinski definition) is 0. The van der Waals surface area contributed by atoms with Crippen LogP contribution >= 0.6 is 0 Å². The average molecular weight is 335 g/mol. The summed E-state index contributed by atoms with van der Waals surface area (Å²) in [5, 5.41) is 0. The predicted octanol–water partition coefficient (Wildman–Crippen LogP) is 3.66. The van der Waals surface area contributed by atoms with E-state index in [1.54, 1.807) is 0 Å². The highest BCUT2D eigenvalue weighted by Gasteiger charge is 2.34. The number of carbonyl (C=O) groups excluding carboxylic acids is 2. The molecule has 1 rings (SSSR count). The molecule has 1 amide bonds. The van der Waals surface area contributed by atoms with Gasteiger partial charge in [-0.15, -0.1) is 0 Å². The van der Waals surface area contributed by atoms with E-state index in [1.165, 1.54) is 12.0 Å². The first-order chi connectivity index (χ1) is 11.1. The molecule has 0 aliphatic carbocycles. The zero-order valence-electron chi connectivity index (χ0n) is 15.5. The zero-order chi connectivity index (χ0) is 18.3. The van der Waals surface area contributed by atoms with Crippen molar-refractivity contribution in [2.45, 2.75) is 52.7 Å². The number of rotatable bonds is 6. The van der Waals surface area contributed by atoms with Gasteiger partial charge in [-0.05, 0) is 32.3 Å². The fourth-order valence-electron chi connectivity index (χ4n) is 2.34. The Hall–Kier alpha value is -2.04. The molecular formula is C19H29NO4. The SMILES string of the molecule is COC(=O)[C@H](Cc1ccccc1)N(CC(C)C)C(=O)OC(C)(C)C. The molecule has 1 aromatic carbocycles. The van der Waals surface area contributed by atoms with Gasteiger partial charge >= 0.3 is 12.1 Å². The summed E-state index contributed by atoms with van der Waals surface area (Å²) in [6.45, 7) is 9.83. The predicted molar refractivity (Wildman–Crippen MR) is 93.7 cm³/mol. The molecule has 0 N–H and O–H groups in total. The Morgan fingerprint density at radius 3 is 2.17 bits per heavy atom. The molecule has 0 aliphatic rings. The summed E-state index contributed by atoms with van der Waals surface area (Å²) in [5.41, 5.74) is 0.338. The summed E-state index contributed by atoms with van der Waals surface area (Å²) in [6, 6.07) is 8.87. The molecule has 1 aromatic rings. The fourth-order valence-corrected chi connectivity index (χ4v) is 2.34. The van der Waals surface area contributed by atoms with Gasteiger partial charge in [0.1, 0.15) is 11.6 Å². The van der Waals surface area contributed by atoms with Gasteiger partial charge in [0.2, 0.25) is 0 Å². The Kier molecular flexibility index (Phi) is 7.26. The molecule has 0 radical (unpaired) electrons. The lowest BCUT2D eigenvalue weighted by atomic mass is 10.0. The van der Waals surface area contributed by atoms with E-state index in [9.17, 15) is 9.59 Å². The largest absolute Gasteiger partial charge is 0.467 e. The van der Waals surface area contributed by atoms with Crippen molar-refractivity contribution in [2.24, 2.45) is 5.92 Å². The number of carbonyl (C=O) groups is 2. The standard InChI is InChI=1S/C19H29NO4/c1-14(2)13-20(18(22)24-19(3,4)5)16(17(21)23-6)12-15-10-8-7-9-11-15/h7-11,14,16H,12-13H2,1-6H3/t16-/m0/s1. The third-order valence-electron chi connectivity index (χ3n) is 3.31. The van der Waals surface area contributed by atoms with E-state index in [1.807, 2.05) is 65.0 Å². The van der Waals surface area contributed by atoms with Crippen molar-refractivity contribution in [2.75, 3.05) is 13.7 Å². The monoisotopic (exact) mass is 335 g/mol. The van der Waals surface area contributed by atoms with E-state index >= 15 is 0 Å². The summed E-state index contributed by atoms with van der Waals surface area (Å²) in [6.07, 6.45) is -0.109. The maximum absolute atomic E-state index is 12.6. The van der Waals surface area contributed by atoms with Crippen LogP contribution in [-0.4, -0.2) is 42.3 Å². The zero-order valence-corrected chi connectivity index (χ0v) is 15.5. The van der Waals surface area contributed by atoms with Gasteiger partial charge in [0.15, 0.2) is 0 Å². The van der Waals surface area contributed by atoms with Gasteiger partial charge < -0.3 is 9.47 Å². The quantitative estimate of drug-likeness (QED) is 0.744. The van der Waals surface area contributed by atoms with Crippen LogP contribution < -0.4 is 0 Å². The number of hydrogen-bond acceptors (Lipinski definition) is 4. The first kappa shape index (κ1) is 20.0. The molecule has 0 aromatic heterocycles. The van der Waals surface area contributed by atoms with Crippen LogP contribution in [-0.2, 0) is 20.7 Å². The Morgan fingerprint density at radius 2 is 1.71 bits per heavy atom. The van der Waals surface area contributed by atoms with Crippen LogP contribution in [0.5, 0.6) is 0 Å². The lowest BCUT2D eigenvalue weighted by molar-refractivity contribution is -0.147. The Labute approximate surface area is 144 Å². The molecule has 0 fully saturated rings. The van der Waals surface area contributed by atoms with Crippen LogP contribution in [0, 0.1) is 5.92 Å². The molecular weight excluding hydrogens is 306 g/mol. The van der Waals surface area contributed by atoms with Gasteiger partial charge in [-0.3, -0.25) is 4.90 Å². The summed E-state index contributed by atoms with van der Waals surface area (Å²) < 4.78 is 10.4. The van der Waals surface area contributed by atoms with Crippen LogP contribution in [0.4, 0.5) is 4.79 Å². The van der Waals surface area contributed by atoms with Gasteiger partial charge in [-0.1, -0.05) is 44.2 Å². The van der Waals surface area contributed by atoms with Crippen molar-refractivity contribution in [1.82, 2.24) is 4.90 Å². The number of nitrogens with zero attached hydrogens (tertiary/aromatic N) is 1. The van der Waals surface area contributed by atoms with Gasteiger partial charge in [-0.2, -0.15) is 0 Å². The molecule has 1 atom stereocenters. The lowest BCUT2D eigenvalue weighted by Gasteiger charge is -2.33. The molecule has 0 heterocycles. The van der Waals surface area contributed by atoms with Crippen molar-refractivity contribution < 1.29 is 19.1 Å². The number of methoxy groups -OCH3 is 1. The Bertz CT molecular complexity index is 534. The lowest BCUT2D eigenvalue weighted by Crippen LogP contribution is -2.50. The minimum absolute atomic E-state index is 0.195. The molecule has 5 nitrogen and oxygen atoms in total. The van der Waals surface area contributed by atoms with Gasteiger partial charge in [0.25, 0.3) is 0 Å². The van der Waals surface area contributed by atoms with Gasteiger partial charge in [-0.25, -0.2) is 9.59 Å². The third kappa shape index (κ3) is 6.60. The average Bonchev–Trinajstić information content (AvgIpc) is 2.49. The first-order valence-corrected chi connectivity index (χ1v) is 8.25. The highest BCUT2D eigenvalue weighted by Crippen LogP contribution is 2.17. The molecule has 0 saturated carbocycles. The second kappa shape index (κ2) is 8.71. The number of esters is 1.